The van der Waals surface area contributed by atoms with Crippen LogP contribution in [0.25, 0.3) is 0 Å². The van der Waals surface area contributed by atoms with Crippen LogP contribution in [0.5, 0.6) is 0 Å². The number of esters is 1. The smallest absolute Gasteiger partial charge is 0.310 e. The maximum atomic E-state index is 11.6. The van der Waals surface area contributed by atoms with Crippen LogP contribution in [0.3, 0.4) is 0 Å². The fourth-order valence-corrected chi connectivity index (χ4v) is 2.10. The number of fused-ring (bicyclic) bond motifs is 1. The minimum Gasteiger partial charge on any atom is -0.463 e. The van der Waals surface area contributed by atoms with Crippen molar-refractivity contribution < 1.29 is 14.3 Å². The fraction of sp³-hybridized carbons (Fsp3) is 0.429. The first-order chi connectivity index (χ1) is 8.47. The summed E-state index contributed by atoms with van der Waals surface area (Å²) in [5.41, 5.74) is 2.81. The summed E-state index contributed by atoms with van der Waals surface area (Å²) < 4.78 is 5.10. The molecule has 18 heavy (non-hydrogen) atoms. The molecule has 1 amide bonds. The Labute approximate surface area is 107 Å². The van der Waals surface area contributed by atoms with E-state index in [-0.39, 0.29) is 24.4 Å². The van der Waals surface area contributed by atoms with Gasteiger partial charge in [0.05, 0.1) is 18.9 Å². The van der Waals surface area contributed by atoms with Gasteiger partial charge in [-0.15, -0.1) is 0 Å². The molecule has 4 heteroatoms. The molecule has 0 aliphatic carbocycles. The maximum absolute atomic E-state index is 11.6. The molecule has 2 rings (SSSR count). The van der Waals surface area contributed by atoms with Crippen molar-refractivity contribution in [3.8, 4) is 0 Å². The Hall–Kier alpha value is -1.84. The molecule has 0 saturated heterocycles. The van der Waals surface area contributed by atoms with Gasteiger partial charge in [-0.25, -0.2) is 0 Å². The van der Waals surface area contributed by atoms with Gasteiger partial charge in [-0.05, 0) is 31.0 Å². The lowest BCUT2D eigenvalue weighted by Gasteiger charge is -2.11. The second-order valence-corrected chi connectivity index (χ2v) is 4.81. The van der Waals surface area contributed by atoms with Crippen LogP contribution in [0.15, 0.2) is 18.2 Å². The highest BCUT2D eigenvalue weighted by molar-refractivity contribution is 6.01. The Morgan fingerprint density at radius 3 is 2.83 bits per heavy atom. The summed E-state index contributed by atoms with van der Waals surface area (Å²) in [7, 11) is 1.76. The Morgan fingerprint density at radius 1 is 1.44 bits per heavy atom. The Kier molecular flexibility index (Phi) is 3.36. The van der Waals surface area contributed by atoms with E-state index in [2.05, 4.69) is 0 Å². The Balaban J connectivity index is 2.11. The lowest BCUT2D eigenvalue weighted by molar-refractivity contribution is -0.146. The van der Waals surface area contributed by atoms with Crippen LogP contribution < -0.4 is 4.90 Å². The van der Waals surface area contributed by atoms with Gasteiger partial charge in [-0.1, -0.05) is 12.1 Å². The second kappa shape index (κ2) is 4.80. The number of carbonyl (C=O) groups is 2. The summed E-state index contributed by atoms with van der Waals surface area (Å²) in [5.74, 6) is -0.144. The largest absolute Gasteiger partial charge is 0.463 e. The van der Waals surface area contributed by atoms with E-state index < -0.39 is 0 Å². The molecular formula is C14H17NO3. The molecule has 1 heterocycles. The number of hydrogen-bond acceptors (Lipinski definition) is 3. The summed E-state index contributed by atoms with van der Waals surface area (Å²) in [6, 6.07) is 5.67. The summed E-state index contributed by atoms with van der Waals surface area (Å²) >= 11 is 0. The van der Waals surface area contributed by atoms with Crippen molar-refractivity contribution in [2.24, 2.45) is 0 Å². The van der Waals surface area contributed by atoms with Crippen LogP contribution in [-0.4, -0.2) is 25.0 Å². The minimum atomic E-state index is -0.234. The quantitative estimate of drug-likeness (QED) is 0.764. The van der Waals surface area contributed by atoms with E-state index in [1.807, 2.05) is 32.0 Å². The third kappa shape index (κ3) is 2.53. The molecule has 96 valence electrons. The molecule has 0 spiro atoms. The second-order valence-electron chi connectivity index (χ2n) is 4.81. The van der Waals surface area contributed by atoms with E-state index in [4.69, 9.17) is 4.74 Å². The van der Waals surface area contributed by atoms with Crippen molar-refractivity contribution in [3.05, 3.63) is 29.3 Å². The molecule has 0 saturated carbocycles. The van der Waals surface area contributed by atoms with Crippen molar-refractivity contribution in [1.29, 1.82) is 0 Å². The van der Waals surface area contributed by atoms with Crippen LogP contribution in [0.1, 0.15) is 25.0 Å². The van der Waals surface area contributed by atoms with Crippen LogP contribution in [0.4, 0.5) is 5.69 Å². The normalized spacial score (nSPS) is 14.0. The van der Waals surface area contributed by atoms with Crippen LogP contribution >= 0.6 is 0 Å². The van der Waals surface area contributed by atoms with Gasteiger partial charge in [0, 0.05) is 12.7 Å². The molecule has 1 aromatic rings. The zero-order chi connectivity index (χ0) is 13.3. The molecule has 4 nitrogen and oxygen atoms in total. The van der Waals surface area contributed by atoms with Crippen LogP contribution in [0, 0.1) is 0 Å². The lowest BCUT2D eigenvalue weighted by Crippen LogP contribution is -2.20. The zero-order valence-corrected chi connectivity index (χ0v) is 10.9. The van der Waals surface area contributed by atoms with E-state index in [1.54, 1.807) is 11.9 Å². The van der Waals surface area contributed by atoms with E-state index in [1.165, 1.54) is 0 Å². The predicted octanol–water partition coefficient (Wildman–Crippen LogP) is 1.70. The molecule has 0 atom stereocenters. The van der Waals surface area contributed by atoms with Gasteiger partial charge < -0.3 is 9.64 Å². The van der Waals surface area contributed by atoms with Crippen LogP contribution in [0.2, 0.25) is 0 Å². The summed E-state index contributed by atoms with van der Waals surface area (Å²) in [6.07, 6.45) is 0.571. The average Bonchev–Trinajstić information content (AvgIpc) is 2.53. The van der Waals surface area contributed by atoms with Gasteiger partial charge in [0.2, 0.25) is 5.91 Å². The first-order valence-corrected chi connectivity index (χ1v) is 6.05. The van der Waals surface area contributed by atoms with E-state index in [0.29, 0.717) is 6.42 Å². The molecule has 0 aromatic heterocycles. The first kappa shape index (κ1) is 12.6. The summed E-state index contributed by atoms with van der Waals surface area (Å²) in [5, 5.41) is 0. The molecular weight excluding hydrogens is 230 g/mol. The number of carbonyl (C=O) groups excluding carboxylic acids is 2. The highest BCUT2D eigenvalue weighted by atomic mass is 16.5. The maximum Gasteiger partial charge on any atom is 0.310 e. The van der Waals surface area contributed by atoms with E-state index in [0.717, 1.165) is 16.8 Å². The lowest BCUT2D eigenvalue weighted by atomic mass is 10.1. The number of likely N-dealkylation sites (N-methyl/N-ethyl adjacent to an activating group) is 1. The van der Waals surface area contributed by atoms with Crippen molar-refractivity contribution >= 4 is 17.6 Å². The summed E-state index contributed by atoms with van der Waals surface area (Å²) in [4.78, 5) is 24.7. The highest BCUT2D eigenvalue weighted by Gasteiger charge is 2.24. The van der Waals surface area contributed by atoms with Gasteiger partial charge in [-0.2, -0.15) is 0 Å². The number of amides is 1. The molecule has 0 bridgehead atoms. The first-order valence-electron chi connectivity index (χ1n) is 6.05. The molecule has 0 unspecified atom stereocenters. The molecule has 1 aromatic carbocycles. The van der Waals surface area contributed by atoms with Crippen molar-refractivity contribution in [3.63, 3.8) is 0 Å². The van der Waals surface area contributed by atoms with Crippen molar-refractivity contribution in [1.82, 2.24) is 0 Å². The molecule has 1 aliphatic heterocycles. The van der Waals surface area contributed by atoms with E-state index >= 15 is 0 Å². The number of benzene rings is 1. The predicted molar refractivity (Wildman–Crippen MR) is 68.5 cm³/mol. The molecule has 0 N–H and O–H groups in total. The number of nitrogens with zero attached hydrogens (tertiary/aromatic N) is 1. The number of ether oxygens (including phenoxy) is 1. The minimum absolute atomic E-state index is 0.0897. The van der Waals surface area contributed by atoms with Crippen molar-refractivity contribution in [2.45, 2.75) is 32.8 Å². The number of anilines is 1. The highest BCUT2D eigenvalue weighted by Crippen LogP contribution is 2.28. The van der Waals surface area contributed by atoms with E-state index in [9.17, 15) is 9.59 Å². The SMILES string of the molecule is CC(C)OC(=O)Cc1ccc2c(c1)CC(=O)N2C. The fourth-order valence-electron chi connectivity index (χ4n) is 2.10. The third-order valence-corrected chi connectivity index (χ3v) is 2.94. The van der Waals surface area contributed by atoms with Crippen molar-refractivity contribution in [2.75, 3.05) is 11.9 Å². The van der Waals surface area contributed by atoms with Gasteiger partial charge in [0.1, 0.15) is 0 Å². The van der Waals surface area contributed by atoms with Gasteiger partial charge >= 0.3 is 5.97 Å². The van der Waals surface area contributed by atoms with Gasteiger partial charge in [-0.3, -0.25) is 9.59 Å². The van der Waals surface area contributed by atoms with Gasteiger partial charge in [0.25, 0.3) is 0 Å². The topological polar surface area (TPSA) is 46.6 Å². The monoisotopic (exact) mass is 247 g/mol. The van der Waals surface area contributed by atoms with Crippen LogP contribution in [-0.2, 0) is 27.2 Å². The Morgan fingerprint density at radius 2 is 2.17 bits per heavy atom. The number of hydrogen-bond donors (Lipinski definition) is 0. The van der Waals surface area contributed by atoms with Gasteiger partial charge in [0.15, 0.2) is 0 Å². The third-order valence-electron chi connectivity index (χ3n) is 2.94. The average molecular weight is 247 g/mol. The zero-order valence-electron chi connectivity index (χ0n) is 10.9. The standard InChI is InChI=1S/C14H17NO3/c1-9(2)18-14(17)7-10-4-5-12-11(6-10)8-13(16)15(12)3/h4-6,9H,7-8H2,1-3H3. The Bertz CT molecular complexity index is 494. The molecule has 1 aliphatic rings. The molecule has 0 fully saturated rings. The summed E-state index contributed by atoms with van der Waals surface area (Å²) in [6.45, 7) is 3.66. The number of rotatable bonds is 3. The molecule has 0 radical (unpaired) electrons.